The Labute approximate surface area is 101 Å². The molecular formula is C16H24FeSi. The topological polar surface area (TPSA) is 0 Å². The van der Waals surface area contributed by atoms with Gasteiger partial charge in [0.05, 0.1) is 0 Å². The Morgan fingerprint density at radius 2 is 1.33 bits per heavy atom. The molecule has 0 aromatic heterocycles. The molecule has 100 valence electrons. The molecule has 9 atom stereocenters. The van der Waals surface area contributed by atoms with Gasteiger partial charge in [-0.2, -0.15) is 0 Å². The van der Waals surface area contributed by atoms with E-state index in [4.69, 9.17) is 0 Å². The second-order valence-electron chi connectivity index (χ2n) is 13.3. The summed E-state index contributed by atoms with van der Waals surface area (Å²) in [5, 5.41) is 0. The van der Waals surface area contributed by atoms with Crippen molar-refractivity contribution in [2.24, 2.45) is 0 Å². The molecule has 10 fully saturated rings. The van der Waals surface area contributed by atoms with Crippen molar-refractivity contribution in [1.82, 2.24) is 0 Å². The fourth-order valence-corrected chi connectivity index (χ4v) is 104. The van der Waals surface area contributed by atoms with Crippen molar-refractivity contribution in [1.29, 1.82) is 0 Å². The van der Waals surface area contributed by atoms with Crippen LogP contribution in [-0.2, 0) is 6.51 Å². The zero-order chi connectivity index (χ0) is 12.0. The van der Waals surface area contributed by atoms with Crippen LogP contribution in [0.25, 0.3) is 0 Å². The molecule has 9 unspecified atom stereocenters. The second-order valence-corrected chi connectivity index (χ2v) is 42.4. The van der Waals surface area contributed by atoms with E-state index in [2.05, 4.69) is 33.5 Å². The van der Waals surface area contributed by atoms with Crippen LogP contribution in [0.1, 0.15) is 13.8 Å². The molecule has 10 rings (SSSR count). The molecule has 0 saturated carbocycles. The molecule has 1 spiro atoms. The van der Waals surface area contributed by atoms with Crippen LogP contribution in [0.4, 0.5) is 0 Å². The Morgan fingerprint density at radius 1 is 0.889 bits per heavy atom. The van der Waals surface area contributed by atoms with Gasteiger partial charge >= 0.3 is 101 Å². The van der Waals surface area contributed by atoms with Gasteiger partial charge in [0.25, 0.3) is 0 Å². The van der Waals surface area contributed by atoms with Crippen molar-refractivity contribution in [3.05, 3.63) is 0 Å². The van der Waals surface area contributed by atoms with Crippen molar-refractivity contribution < 1.29 is 6.51 Å². The Bertz CT molecular complexity index is 1040. The summed E-state index contributed by atoms with van der Waals surface area (Å²) in [6.45, 7) is 10.9. The quantitative estimate of drug-likeness (QED) is 0.560. The average Bonchev–Trinajstić information content (AvgIpc) is 3.20. The summed E-state index contributed by atoms with van der Waals surface area (Å²) < 4.78 is 2.29. The van der Waals surface area contributed by atoms with E-state index in [1.165, 1.54) is 44.1 Å². The van der Waals surface area contributed by atoms with Crippen LogP contribution in [0.15, 0.2) is 0 Å². The van der Waals surface area contributed by atoms with E-state index < -0.39 is 14.6 Å². The molecule has 0 nitrogen and oxygen atoms in total. The van der Waals surface area contributed by atoms with Gasteiger partial charge in [-0.3, -0.25) is 0 Å². The van der Waals surface area contributed by atoms with Gasteiger partial charge in [0.2, 0.25) is 0 Å². The van der Waals surface area contributed by atoms with Crippen LogP contribution < -0.4 is 0 Å². The summed E-state index contributed by atoms with van der Waals surface area (Å²) in [4.78, 5) is 12.0. The molecule has 0 N–H and O–H groups in total. The molecule has 0 bridgehead atoms. The molecule has 18 heavy (non-hydrogen) atoms. The third-order valence-corrected chi connectivity index (χ3v) is 65.6. The van der Waals surface area contributed by atoms with Crippen LogP contribution in [0.2, 0.25) is 72.3 Å². The van der Waals surface area contributed by atoms with Crippen LogP contribution in [0.5, 0.6) is 0 Å². The van der Waals surface area contributed by atoms with Crippen LogP contribution in [0.3, 0.4) is 0 Å². The molecule has 0 aromatic rings. The average molecular weight is 300 g/mol. The van der Waals surface area contributed by atoms with E-state index in [1.807, 2.05) is 0 Å². The molecule has 0 amide bonds. The fourth-order valence-electron chi connectivity index (χ4n) is 19.7. The van der Waals surface area contributed by atoms with Crippen molar-refractivity contribution in [2.45, 2.75) is 86.2 Å². The van der Waals surface area contributed by atoms with Gasteiger partial charge in [-0.1, -0.05) is 0 Å². The predicted molar refractivity (Wildman–Crippen MR) is 73.8 cm³/mol. The fraction of sp³-hybridized carbons (Fsp3) is 1.00. The minimum absolute atomic E-state index is 0.918. The van der Waals surface area contributed by atoms with Crippen molar-refractivity contribution >= 4 is 8.07 Å². The first-order chi connectivity index (χ1) is 8.09. The van der Waals surface area contributed by atoms with Crippen molar-refractivity contribution in [2.75, 3.05) is 0 Å². The van der Waals surface area contributed by atoms with Gasteiger partial charge in [0.15, 0.2) is 0 Å². The maximum atomic E-state index is 2.88. The first kappa shape index (κ1) is 7.66. The molecule has 10 aliphatic heterocycles. The number of hydrogen-bond acceptors (Lipinski definition) is 0. The van der Waals surface area contributed by atoms with Gasteiger partial charge in [-0.05, 0) is 0 Å². The molecule has 0 aliphatic carbocycles. The summed E-state index contributed by atoms with van der Waals surface area (Å²) in [7, 11) is -0.918. The van der Waals surface area contributed by atoms with Crippen LogP contribution >= 0.6 is 0 Å². The predicted octanol–water partition coefficient (Wildman–Crippen LogP) is 5.86. The Hall–Kier alpha value is 0.736. The molecule has 0 aromatic carbocycles. The van der Waals surface area contributed by atoms with E-state index in [1.54, 1.807) is 0 Å². The third-order valence-electron chi connectivity index (χ3n) is 17.6. The minimum atomic E-state index is -2.88. The van der Waals surface area contributed by atoms with Gasteiger partial charge < -0.3 is 0 Å². The SMILES string of the molecule is CC([C]12[CH]3[CH]4[CH]5[CH]1[Fe]45321678[CH]2[CH]1[CH]6[C]7(C)[CH]28)[Si](C)(C)C. The normalized spacial score (nSPS) is 120. The summed E-state index contributed by atoms with van der Waals surface area (Å²) in [6, 6.07) is 0. The van der Waals surface area contributed by atoms with Gasteiger partial charge in [-0.15, -0.1) is 0 Å². The van der Waals surface area contributed by atoms with Gasteiger partial charge in [0, 0.05) is 0 Å². The van der Waals surface area contributed by atoms with E-state index in [9.17, 15) is 0 Å². The van der Waals surface area contributed by atoms with Crippen LogP contribution in [0, 0.1) is 0 Å². The zero-order valence-electron chi connectivity index (χ0n) is 12.0. The van der Waals surface area contributed by atoms with Gasteiger partial charge in [-0.25, -0.2) is 0 Å². The molecule has 2 heteroatoms. The molecular weight excluding hydrogens is 276 g/mol. The number of hydrogen-bond donors (Lipinski definition) is 0. The van der Waals surface area contributed by atoms with Crippen molar-refractivity contribution in [3.63, 3.8) is 0 Å². The first-order valence-corrected chi connectivity index (χ1v) is 18.1. The Kier molecular flexibility index (Phi) is 0.257. The number of fused-ring (bicyclic) bond motifs is 10. The van der Waals surface area contributed by atoms with Crippen LogP contribution in [-0.4, -0.2) is 8.07 Å². The monoisotopic (exact) mass is 300 g/mol. The first-order valence-electron chi connectivity index (χ1n) is 8.30. The Balaban J connectivity index is 1.58. The van der Waals surface area contributed by atoms with E-state index >= 15 is 0 Å². The number of rotatable bonds is 2. The van der Waals surface area contributed by atoms with E-state index in [-0.39, 0.29) is 0 Å². The van der Waals surface area contributed by atoms with Crippen molar-refractivity contribution in [3.8, 4) is 0 Å². The van der Waals surface area contributed by atoms with Gasteiger partial charge in [0.1, 0.15) is 0 Å². The maximum absolute atomic E-state index is 2.88. The zero-order valence-corrected chi connectivity index (χ0v) is 14.2. The summed E-state index contributed by atoms with van der Waals surface area (Å²) >= 11 is 0. The third kappa shape index (κ3) is 0.0727. The standard InChI is InChI=1S/C10H17Si.C6H7.Fe/c1-9(11(2,3)4)10-7-5-6-8-10;1-6-4-2-3-5-6;/h5-9H,1-4H3;2-5H,1H3;. The second kappa shape index (κ2) is 0.603. The molecule has 10 saturated heterocycles. The Morgan fingerprint density at radius 3 is 1.50 bits per heavy atom. The summed E-state index contributed by atoms with van der Waals surface area (Å²) in [5.41, 5.74) is 1.22. The van der Waals surface area contributed by atoms with E-state index in [0.29, 0.717) is 0 Å². The molecule has 0 radical (unpaired) electrons. The molecule has 10 heterocycles. The molecule has 10 aliphatic rings. The summed E-state index contributed by atoms with van der Waals surface area (Å²) in [5.74, 6) is 0. The van der Waals surface area contributed by atoms with E-state index in [0.717, 1.165) is 8.63 Å². The summed E-state index contributed by atoms with van der Waals surface area (Å²) in [6.07, 6.45) is 0.